The molecule has 1 N–H and O–H groups in total. The van der Waals surface area contributed by atoms with Crippen molar-refractivity contribution in [2.75, 3.05) is 0 Å². The minimum absolute atomic E-state index is 0.814. The molecular weight excluding hydrogens is 272 g/mol. The summed E-state index contributed by atoms with van der Waals surface area (Å²) >= 11 is 0. The largest absolute Gasteiger partial charge is 0.338 e. The van der Waals surface area contributed by atoms with E-state index in [1.807, 2.05) is 12.5 Å². The maximum absolute atomic E-state index is 4.68. The van der Waals surface area contributed by atoms with Crippen molar-refractivity contribution in [1.29, 1.82) is 0 Å². The number of aromatic amines is 1. The Morgan fingerprint density at radius 2 is 1.95 bits per heavy atom. The van der Waals surface area contributed by atoms with E-state index in [2.05, 4.69) is 68.9 Å². The predicted molar refractivity (Wildman–Crippen MR) is 87.6 cm³/mol. The lowest BCUT2D eigenvalue weighted by molar-refractivity contribution is 0.798. The van der Waals surface area contributed by atoms with E-state index in [-0.39, 0.29) is 0 Å². The third kappa shape index (κ3) is 2.39. The zero-order valence-electron chi connectivity index (χ0n) is 12.3. The highest BCUT2D eigenvalue weighted by Crippen LogP contribution is 2.22. The molecule has 4 heteroatoms. The Hall–Kier alpha value is -2.88. The molecule has 2 aromatic carbocycles. The van der Waals surface area contributed by atoms with Gasteiger partial charge in [0.15, 0.2) is 0 Å². The molecule has 0 aliphatic heterocycles. The first-order chi connectivity index (χ1) is 10.8. The summed E-state index contributed by atoms with van der Waals surface area (Å²) in [6.07, 6.45) is 5.59. The van der Waals surface area contributed by atoms with E-state index in [1.165, 1.54) is 11.1 Å². The third-order valence-electron chi connectivity index (χ3n) is 3.80. The number of hydrogen-bond donors (Lipinski definition) is 1. The Morgan fingerprint density at radius 3 is 2.73 bits per heavy atom. The lowest BCUT2D eigenvalue weighted by atomic mass is 10.1. The lowest BCUT2D eigenvalue weighted by Crippen LogP contribution is -1.95. The van der Waals surface area contributed by atoms with Crippen LogP contribution in [0.4, 0.5) is 0 Å². The summed E-state index contributed by atoms with van der Waals surface area (Å²) in [4.78, 5) is 12.2. The van der Waals surface area contributed by atoms with Crippen LogP contribution in [0.25, 0.3) is 22.4 Å². The van der Waals surface area contributed by atoms with Gasteiger partial charge in [0, 0.05) is 24.5 Å². The van der Waals surface area contributed by atoms with Gasteiger partial charge >= 0.3 is 0 Å². The van der Waals surface area contributed by atoms with Crippen LogP contribution in [-0.4, -0.2) is 19.5 Å². The fourth-order valence-corrected chi connectivity index (χ4v) is 2.59. The van der Waals surface area contributed by atoms with Gasteiger partial charge in [-0.15, -0.1) is 0 Å². The molecule has 0 amide bonds. The van der Waals surface area contributed by atoms with Crippen molar-refractivity contribution >= 4 is 11.0 Å². The second-order valence-electron chi connectivity index (χ2n) is 5.54. The molecule has 0 bridgehead atoms. The van der Waals surface area contributed by atoms with Gasteiger partial charge in [-0.25, -0.2) is 9.97 Å². The van der Waals surface area contributed by atoms with Crippen LogP contribution in [0, 0.1) is 6.92 Å². The van der Waals surface area contributed by atoms with E-state index < -0.39 is 0 Å². The van der Waals surface area contributed by atoms with E-state index in [0.29, 0.717) is 0 Å². The SMILES string of the molecule is Cc1ccc(-c2nc3ccc(Cn4ccnc4)cc3[nH]2)cc1. The molecule has 4 nitrogen and oxygen atoms in total. The Bertz CT molecular complexity index is 902. The summed E-state index contributed by atoms with van der Waals surface area (Å²) < 4.78 is 2.05. The maximum atomic E-state index is 4.68. The van der Waals surface area contributed by atoms with Gasteiger partial charge in [-0.3, -0.25) is 0 Å². The summed E-state index contributed by atoms with van der Waals surface area (Å²) in [5.41, 5.74) is 5.64. The van der Waals surface area contributed by atoms with Crippen LogP contribution in [0.1, 0.15) is 11.1 Å². The fraction of sp³-hybridized carbons (Fsp3) is 0.111. The van der Waals surface area contributed by atoms with Gasteiger partial charge in [0.25, 0.3) is 0 Å². The van der Waals surface area contributed by atoms with E-state index in [4.69, 9.17) is 0 Å². The number of H-pyrrole nitrogens is 1. The van der Waals surface area contributed by atoms with Crippen LogP contribution >= 0.6 is 0 Å². The van der Waals surface area contributed by atoms with Gasteiger partial charge in [0.05, 0.1) is 17.4 Å². The molecule has 2 heterocycles. The molecule has 0 unspecified atom stereocenters. The fourth-order valence-electron chi connectivity index (χ4n) is 2.59. The van der Waals surface area contributed by atoms with Gasteiger partial charge in [0.1, 0.15) is 5.82 Å². The zero-order valence-corrected chi connectivity index (χ0v) is 12.3. The van der Waals surface area contributed by atoms with Crippen molar-refractivity contribution in [1.82, 2.24) is 19.5 Å². The van der Waals surface area contributed by atoms with E-state index in [9.17, 15) is 0 Å². The minimum Gasteiger partial charge on any atom is -0.338 e. The second-order valence-corrected chi connectivity index (χ2v) is 5.54. The number of aromatic nitrogens is 4. The van der Waals surface area contributed by atoms with Gasteiger partial charge < -0.3 is 9.55 Å². The number of aryl methyl sites for hydroxylation is 1. The van der Waals surface area contributed by atoms with Gasteiger partial charge in [-0.2, -0.15) is 0 Å². The summed E-state index contributed by atoms with van der Waals surface area (Å²) in [7, 11) is 0. The molecule has 108 valence electrons. The first kappa shape index (κ1) is 12.8. The first-order valence-electron chi connectivity index (χ1n) is 7.29. The number of nitrogens with one attached hydrogen (secondary N) is 1. The van der Waals surface area contributed by atoms with Crippen LogP contribution in [-0.2, 0) is 6.54 Å². The molecule has 0 aliphatic carbocycles. The van der Waals surface area contributed by atoms with Crippen LogP contribution in [0.2, 0.25) is 0 Å². The number of rotatable bonds is 3. The summed E-state index contributed by atoms with van der Waals surface area (Å²) in [5, 5.41) is 0. The number of fused-ring (bicyclic) bond motifs is 1. The number of imidazole rings is 2. The van der Waals surface area contributed by atoms with Crippen LogP contribution < -0.4 is 0 Å². The summed E-state index contributed by atoms with van der Waals surface area (Å²) in [5.74, 6) is 0.912. The van der Waals surface area contributed by atoms with E-state index in [1.54, 1.807) is 6.20 Å². The van der Waals surface area contributed by atoms with Crippen molar-refractivity contribution in [3.63, 3.8) is 0 Å². The van der Waals surface area contributed by atoms with Crippen molar-refractivity contribution in [3.05, 3.63) is 72.3 Å². The molecule has 0 spiro atoms. The molecule has 0 fully saturated rings. The predicted octanol–water partition coefficient (Wildman–Crippen LogP) is 3.78. The highest BCUT2D eigenvalue weighted by atomic mass is 15.0. The second kappa shape index (κ2) is 5.15. The monoisotopic (exact) mass is 288 g/mol. The summed E-state index contributed by atoms with van der Waals surface area (Å²) in [6.45, 7) is 2.90. The average molecular weight is 288 g/mol. The molecule has 4 rings (SSSR count). The van der Waals surface area contributed by atoms with Crippen molar-refractivity contribution in [2.24, 2.45) is 0 Å². The minimum atomic E-state index is 0.814. The first-order valence-corrected chi connectivity index (χ1v) is 7.29. The quantitative estimate of drug-likeness (QED) is 0.623. The zero-order chi connectivity index (χ0) is 14.9. The van der Waals surface area contributed by atoms with Gasteiger partial charge in [-0.05, 0) is 24.6 Å². The van der Waals surface area contributed by atoms with Crippen molar-refractivity contribution in [2.45, 2.75) is 13.5 Å². The number of nitrogens with zero attached hydrogens (tertiary/aromatic N) is 3. The Balaban J connectivity index is 1.70. The number of hydrogen-bond acceptors (Lipinski definition) is 2. The van der Waals surface area contributed by atoms with Crippen LogP contribution in [0.15, 0.2) is 61.2 Å². The Morgan fingerprint density at radius 1 is 1.09 bits per heavy atom. The molecule has 4 aromatic rings. The van der Waals surface area contributed by atoms with E-state index in [0.717, 1.165) is 29.0 Å². The normalized spacial score (nSPS) is 11.1. The van der Waals surface area contributed by atoms with Crippen LogP contribution in [0.3, 0.4) is 0 Å². The topological polar surface area (TPSA) is 46.5 Å². The third-order valence-corrected chi connectivity index (χ3v) is 3.80. The summed E-state index contributed by atoms with van der Waals surface area (Å²) in [6, 6.07) is 14.7. The van der Waals surface area contributed by atoms with Gasteiger partial charge in [0.2, 0.25) is 0 Å². The average Bonchev–Trinajstić information content (AvgIpc) is 3.17. The molecule has 0 radical (unpaired) electrons. The Labute approximate surface area is 128 Å². The maximum Gasteiger partial charge on any atom is 0.138 e. The standard InChI is InChI=1S/C18H16N4/c1-13-2-5-15(6-3-13)18-20-16-7-4-14(10-17(16)21-18)11-22-9-8-19-12-22/h2-10,12H,11H2,1H3,(H,20,21). The highest BCUT2D eigenvalue weighted by Gasteiger charge is 2.06. The molecule has 0 aliphatic rings. The highest BCUT2D eigenvalue weighted by molar-refractivity contribution is 5.80. The molecular formula is C18H16N4. The van der Waals surface area contributed by atoms with E-state index >= 15 is 0 Å². The molecule has 0 saturated heterocycles. The van der Waals surface area contributed by atoms with Crippen molar-refractivity contribution < 1.29 is 0 Å². The molecule has 22 heavy (non-hydrogen) atoms. The number of benzene rings is 2. The molecule has 0 saturated carbocycles. The smallest absolute Gasteiger partial charge is 0.138 e. The van der Waals surface area contributed by atoms with Gasteiger partial charge in [-0.1, -0.05) is 35.9 Å². The molecule has 2 aromatic heterocycles. The molecule has 0 atom stereocenters. The Kier molecular flexibility index (Phi) is 3.00. The van der Waals surface area contributed by atoms with Crippen molar-refractivity contribution in [3.8, 4) is 11.4 Å². The van der Waals surface area contributed by atoms with Crippen LogP contribution in [0.5, 0.6) is 0 Å². The lowest BCUT2D eigenvalue weighted by Gasteiger charge is -2.01.